The van der Waals surface area contributed by atoms with E-state index in [9.17, 15) is 4.79 Å². The molecule has 4 nitrogen and oxygen atoms in total. The Balaban J connectivity index is 1.38. The maximum absolute atomic E-state index is 12.3. The molecule has 0 saturated heterocycles. The van der Waals surface area contributed by atoms with E-state index in [4.69, 9.17) is 0 Å². The molecule has 26 heavy (non-hydrogen) atoms. The molecule has 3 aromatic rings. The van der Waals surface area contributed by atoms with Crippen LogP contribution in [-0.4, -0.2) is 22.3 Å². The fourth-order valence-electron chi connectivity index (χ4n) is 3.13. The molecule has 1 N–H and O–H groups in total. The van der Waals surface area contributed by atoms with Gasteiger partial charge in [0.2, 0.25) is 0 Å². The van der Waals surface area contributed by atoms with E-state index in [2.05, 4.69) is 55.4 Å². The molecule has 1 aliphatic rings. The lowest BCUT2D eigenvalue weighted by atomic mass is 10.00. The lowest BCUT2D eigenvalue weighted by Crippen LogP contribution is -2.30. The zero-order valence-corrected chi connectivity index (χ0v) is 16.5. The van der Waals surface area contributed by atoms with E-state index in [-0.39, 0.29) is 5.91 Å². The Labute approximate surface area is 165 Å². The second-order valence-electron chi connectivity index (χ2n) is 6.33. The molecule has 0 fully saturated rings. The monoisotopic (exact) mass is 427 g/mol. The summed E-state index contributed by atoms with van der Waals surface area (Å²) in [6.07, 6.45) is 1.08. The Bertz CT molecular complexity index is 923. The first kappa shape index (κ1) is 17.4. The minimum absolute atomic E-state index is 0.134. The van der Waals surface area contributed by atoms with Crippen LogP contribution in [0.1, 0.15) is 27.2 Å². The molecule has 2 aromatic carbocycles. The number of amides is 1. The number of thiazole rings is 1. The van der Waals surface area contributed by atoms with Crippen molar-refractivity contribution in [1.29, 1.82) is 0 Å². The van der Waals surface area contributed by atoms with Crippen molar-refractivity contribution in [3.05, 3.63) is 80.8 Å². The Morgan fingerprint density at radius 2 is 1.92 bits per heavy atom. The summed E-state index contributed by atoms with van der Waals surface area (Å²) in [5.41, 5.74) is 4.47. The number of nitrogens with one attached hydrogen (secondary N) is 1. The number of aromatic nitrogens is 1. The van der Waals surface area contributed by atoms with Crippen LogP contribution in [0.2, 0.25) is 0 Å². The van der Waals surface area contributed by atoms with Crippen molar-refractivity contribution in [1.82, 2.24) is 9.88 Å². The average molecular weight is 428 g/mol. The first-order chi connectivity index (χ1) is 12.7. The molecule has 1 amide bonds. The largest absolute Gasteiger partial charge is 0.298 e. The molecule has 0 aliphatic carbocycles. The highest BCUT2D eigenvalue weighted by Gasteiger charge is 2.17. The summed E-state index contributed by atoms with van der Waals surface area (Å²) in [6.45, 7) is 2.79. The third-order valence-electron chi connectivity index (χ3n) is 4.47. The van der Waals surface area contributed by atoms with E-state index in [0.29, 0.717) is 10.7 Å². The number of hydrogen-bond donors (Lipinski definition) is 1. The van der Waals surface area contributed by atoms with Gasteiger partial charge in [0.05, 0.1) is 5.69 Å². The molecule has 0 atom stereocenters. The predicted octanol–water partition coefficient (Wildman–Crippen LogP) is 4.72. The standard InChI is InChI=1S/C20H18BrN3OS/c21-17-7-5-15(6-8-17)19(25)23-20-22-18(13-26-20)12-24-10-9-14-3-1-2-4-16(14)11-24/h1-8,13H,9-12H2,(H,22,23,25). The van der Waals surface area contributed by atoms with Crippen molar-refractivity contribution >= 4 is 38.3 Å². The van der Waals surface area contributed by atoms with Gasteiger partial charge in [0.1, 0.15) is 0 Å². The smallest absolute Gasteiger partial charge is 0.257 e. The van der Waals surface area contributed by atoms with Gasteiger partial charge < -0.3 is 0 Å². The SMILES string of the molecule is O=C(Nc1nc(CN2CCc3ccccc3C2)cs1)c1ccc(Br)cc1. The molecule has 4 rings (SSSR count). The maximum Gasteiger partial charge on any atom is 0.257 e. The van der Waals surface area contributed by atoms with Crippen molar-refractivity contribution < 1.29 is 4.79 Å². The van der Waals surface area contributed by atoms with Gasteiger partial charge in [0.15, 0.2) is 5.13 Å². The van der Waals surface area contributed by atoms with Gasteiger partial charge in [0.25, 0.3) is 5.91 Å². The quantitative estimate of drug-likeness (QED) is 0.655. The fourth-order valence-corrected chi connectivity index (χ4v) is 4.09. The summed E-state index contributed by atoms with van der Waals surface area (Å²) in [7, 11) is 0. The molecule has 6 heteroatoms. The van der Waals surface area contributed by atoms with Gasteiger partial charge in [-0.05, 0) is 41.8 Å². The zero-order valence-electron chi connectivity index (χ0n) is 14.1. The van der Waals surface area contributed by atoms with Gasteiger partial charge in [-0.25, -0.2) is 4.98 Å². The number of carbonyl (C=O) groups excluding carboxylic acids is 1. The minimum Gasteiger partial charge on any atom is -0.298 e. The highest BCUT2D eigenvalue weighted by molar-refractivity contribution is 9.10. The fraction of sp³-hybridized carbons (Fsp3) is 0.200. The Kier molecular flexibility index (Phi) is 5.15. The summed E-state index contributed by atoms with van der Waals surface area (Å²) in [5, 5.41) is 5.55. The van der Waals surface area contributed by atoms with Gasteiger partial charge >= 0.3 is 0 Å². The molecule has 1 aliphatic heterocycles. The Morgan fingerprint density at radius 3 is 2.73 bits per heavy atom. The number of nitrogens with zero attached hydrogens (tertiary/aromatic N) is 2. The third-order valence-corrected chi connectivity index (χ3v) is 5.81. The van der Waals surface area contributed by atoms with Crippen molar-refractivity contribution in [2.45, 2.75) is 19.5 Å². The normalized spacial score (nSPS) is 14.0. The summed E-state index contributed by atoms with van der Waals surface area (Å²) in [6, 6.07) is 15.9. The topological polar surface area (TPSA) is 45.2 Å². The van der Waals surface area contributed by atoms with E-state index in [1.165, 1.54) is 22.5 Å². The van der Waals surface area contributed by atoms with Crippen LogP contribution in [0.5, 0.6) is 0 Å². The lowest BCUT2D eigenvalue weighted by molar-refractivity contribution is 0.102. The summed E-state index contributed by atoms with van der Waals surface area (Å²) in [5.74, 6) is -0.134. The molecule has 132 valence electrons. The predicted molar refractivity (Wildman–Crippen MR) is 108 cm³/mol. The van der Waals surface area contributed by atoms with Crippen LogP contribution in [0.25, 0.3) is 0 Å². The first-order valence-electron chi connectivity index (χ1n) is 8.48. The summed E-state index contributed by atoms with van der Waals surface area (Å²) >= 11 is 4.85. The minimum atomic E-state index is -0.134. The Morgan fingerprint density at radius 1 is 1.15 bits per heavy atom. The number of rotatable bonds is 4. The van der Waals surface area contributed by atoms with Gasteiger partial charge in [0, 0.05) is 35.1 Å². The second-order valence-corrected chi connectivity index (χ2v) is 8.11. The molecule has 0 spiro atoms. The molecule has 0 unspecified atom stereocenters. The van der Waals surface area contributed by atoms with E-state index < -0.39 is 0 Å². The highest BCUT2D eigenvalue weighted by Crippen LogP contribution is 2.22. The zero-order chi connectivity index (χ0) is 17.9. The maximum atomic E-state index is 12.3. The highest BCUT2D eigenvalue weighted by atomic mass is 79.9. The third kappa shape index (κ3) is 4.03. The average Bonchev–Trinajstić information content (AvgIpc) is 3.09. The summed E-state index contributed by atoms with van der Waals surface area (Å²) < 4.78 is 0.952. The Hall–Kier alpha value is -2.02. The van der Waals surface area contributed by atoms with E-state index in [0.717, 1.165) is 36.2 Å². The molecule has 0 saturated carbocycles. The second kappa shape index (κ2) is 7.70. The number of carbonyl (C=O) groups is 1. The molecular formula is C20H18BrN3OS. The van der Waals surface area contributed by atoms with Crippen LogP contribution in [-0.2, 0) is 19.5 Å². The molecule has 0 bridgehead atoms. The number of fused-ring (bicyclic) bond motifs is 1. The summed E-state index contributed by atoms with van der Waals surface area (Å²) in [4.78, 5) is 19.3. The first-order valence-corrected chi connectivity index (χ1v) is 10.1. The van der Waals surface area contributed by atoms with Crippen molar-refractivity contribution in [3.63, 3.8) is 0 Å². The number of anilines is 1. The molecule has 0 radical (unpaired) electrons. The van der Waals surface area contributed by atoms with E-state index >= 15 is 0 Å². The van der Waals surface area contributed by atoms with Gasteiger partial charge in [-0.3, -0.25) is 15.0 Å². The van der Waals surface area contributed by atoms with Gasteiger partial charge in [-0.15, -0.1) is 11.3 Å². The van der Waals surface area contributed by atoms with Crippen molar-refractivity contribution in [3.8, 4) is 0 Å². The van der Waals surface area contributed by atoms with Crippen LogP contribution in [0.4, 0.5) is 5.13 Å². The van der Waals surface area contributed by atoms with Crippen LogP contribution >= 0.6 is 27.3 Å². The molecule has 1 aromatic heterocycles. The van der Waals surface area contributed by atoms with Gasteiger partial charge in [-0.2, -0.15) is 0 Å². The van der Waals surface area contributed by atoms with Crippen LogP contribution in [0, 0.1) is 0 Å². The van der Waals surface area contributed by atoms with Crippen LogP contribution in [0.15, 0.2) is 58.4 Å². The van der Waals surface area contributed by atoms with E-state index in [1.54, 1.807) is 12.1 Å². The van der Waals surface area contributed by atoms with Crippen LogP contribution in [0.3, 0.4) is 0 Å². The number of benzene rings is 2. The van der Waals surface area contributed by atoms with Crippen molar-refractivity contribution in [2.24, 2.45) is 0 Å². The molecule has 2 heterocycles. The lowest BCUT2D eigenvalue weighted by Gasteiger charge is -2.27. The van der Waals surface area contributed by atoms with Crippen molar-refractivity contribution in [2.75, 3.05) is 11.9 Å². The number of hydrogen-bond acceptors (Lipinski definition) is 4. The van der Waals surface area contributed by atoms with Gasteiger partial charge in [-0.1, -0.05) is 40.2 Å². The van der Waals surface area contributed by atoms with Crippen LogP contribution < -0.4 is 5.32 Å². The molecular weight excluding hydrogens is 410 g/mol. The number of halogens is 1. The van der Waals surface area contributed by atoms with E-state index in [1.807, 2.05) is 17.5 Å².